The highest BCUT2D eigenvalue weighted by molar-refractivity contribution is 7.23. The van der Waals surface area contributed by atoms with Gasteiger partial charge in [-0.15, -0.1) is 0 Å². The van der Waals surface area contributed by atoms with Gasteiger partial charge in [-0.05, 0) is 49.1 Å². The summed E-state index contributed by atoms with van der Waals surface area (Å²) in [5.74, 6) is -0.0684. The van der Waals surface area contributed by atoms with Crippen LogP contribution in [0.3, 0.4) is 0 Å². The summed E-state index contributed by atoms with van der Waals surface area (Å²) in [5, 5.41) is 4.13. The zero-order chi connectivity index (χ0) is 16.6. The predicted octanol–water partition coefficient (Wildman–Crippen LogP) is 5.06. The van der Waals surface area contributed by atoms with Crippen LogP contribution in [-0.4, -0.2) is 10.9 Å². The fourth-order valence-electron chi connectivity index (χ4n) is 2.42. The van der Waals surface area contributed by atoms with E-state index >= 15 is 0 Å². The fraction of sp³-hybridized carbons (Fsp3) is 0.222. The molecule has 2 aromatic carbocycles. The number of aryl methyl sites for hydroxylation is 3. The number of carbonyl (C=O) groups is 1. The maximum Gasteiger partial charge on any atom is 0.230 e. The highest BCUT2D eigenvalue weighted by Crippen LogP contribution is 2.33. The SMILES string of the molecule is Cc1ccc(CC(=O)Nc2nc3c(C)ccc(Cl)c3s2)cc1C. The van der Waals surface area contributed by atoms with Crippen molar-refractivity contribution in [2.75, 3.05) is 5.32 Å². The van der Waals surface area contributed by atoms with Gasteiger partial charge in [0, 0.05) is 0 Å². The molecule has 0 aliphatic carbocycles. The number of halogens is 1. The van der Waals surface area contributed by atoms with Gasteiger partial charge < -0.3 is 5.32 Å². The summed E-state index contributed by atoms with van der Waals surface area (Å²) in [6.07, 6.45) is 0.337. The highest BCUT2D eigenvalue weighted by atomic mass is 35.5. The van der Waals surface area contributed by atoms with Crippen molar-refractivity contribution < 1.29 is 4.79 Å². The molecule has 3 rings (SSSR count). The second-order valence-corrected chi connectivity index (χ2v) is 7.11. The maximum atomic E-state index is 12.2. The van der Waals surface area contributed by atoms with Gasteiger partial charge in [0.05, 0.1) is 21.7 Å². The minimum Gasteiger partial charge on any atom is -0.302 e. The largest absolute Gasteiger partial charge is 0.302 e. The molecule has 0 unspecified atom stereocenters. The van der Waals surface area contributed by atoms with Gasteiger partial charge in [0.2, 0.25) is 5.91 Å². The van der Waals surface area contributed by atoms with Gasteiger partial charge in [-0.3, -0.25) is 4.79 Å². The third-order valence-corrected chi connectivity index (χ3v) is 5.31. The number of thiazole rings is 1. The Labute approximate surface area is 144 Å². The summed E-state index contributed by atoms with van der Waals surface area (Å²) in [7, 11) is 0. The summed E-state index contributed by atoms with van der Waals surface area (Å²) in [4.78, 5) is 16.7. The Morgan fingerprint density at radius 2 is 1.87 bits per heavy atom. The fourth-order valence-corrected chi connectivity index (χ4v) is 3.65. The van der Waals surface area contributed by atoms with Crippen LogP contribution in [0.2, 0.25) is 5.02 Å². The molecular formula is C18H17ClN2OS. The molecule has 0 spiro atoms. The van der Waals surface area contributed by atoms with Crippen LogP contribution in [0.25, 0.3) is 10.2 Å². The van der Waals surface area contributed by atoms with E-state index in [-0.39, 0.29) is 5.91 Å². The first-order valence-corrected chi connectivity index (χ1v) is 8.55. The van der Waals surface area contributed by atoms with Crippen molar-refractivity contribution in [3.63, 3.8) is 0 Å². The zero-order valence-corrected chi connectivity index (χ0v) is 14.8. The van der Waals surface area contributed by atoms with Crippen molar-refractivity contribution in [2.45, 2.75) is 27.2 Å². The molecule has 118 valence electrons. The van der Waals surface area contributed by atoms with Crippen molar-refractivity contribution in [3.8, 4) is 0 Å². The molecule has 0 aliphatic rings. The van der Waals surface area contributed by atoms with E-state index in [0.717, 1.165) is 21.3 Å². The number of fused-ring (bicyclic) bond motifs is 1. The van der Waals surface area contributed by atoms with E-state index in [1.807, 2.05) is 37.3 Å². The Bertz CT molecular complexity index is 862. The van der Waals surface area contributed by atoms with Gasteiger partial charge in [0.25, 0.3) is 0 Å². The van der Waals surface area contributed by atoms with Crippen molar-refractivity contribution in [2.24, 2.45) is 0 Å². The third-order valence-electron chi connectivity index (χ3n) is 3.88. The van der Waals surface area contributed by atoms with Crippen molar-refractivity contribution in [1.29, 1.82) is 0 Å². The number of hydrogen-bond acceptors (Lipinski definition) is 3. The molecule has 0 atom stereocenters. The lowest BCUT2D eigenvalue weighted by molar-refractivity contribution is -0.115. The molecule has 5 heteroatoms. The van der Waals surface area contributed by atoms with E-state index in [0.29, 0.717) is 16.6 Å². The molecule has 3 aromatic rings. The molecule has 0 fully saturated rings. The normalized spacial score (nSPS) is 11.0. The molecule has 1 amide bonds. The highest BCUT2D eigenvalue weighted by Gasteiger charge is 2.12. The number of anilines is 1. The minimum atomic E-state index is -0.0684. The molecule has 0 radical (unpaired) electrons. The van der Waals surface area contributed by atoms with Gasteiger partial charge >= 0.3 is 0 Å². The van der Waals surface area contributed by atoms with Crippen molar-refractivity contribution in [1.82, 2.24) is 4.98 Å². The number of benzene rings is 2. The van der Waals surface area contributed by atoms with Crippen LogP contribution in [-0.2, 0) is 11.2 Å². The second kappa shape index (κ2) is 6.30. The number of amides is 1. The molecule has 0 aliphatic heterocycles. The Kier molecular flexibility index (Phi) is 4.37. The summed E-state index contributed by atoms with van der Waals surface area (Å²) in [6.45, 7) is 6.10. The number of nitrogens with zero attached hydrogens (tertiary/aromatic N) is 1. The first-order chi connectivity index (χ1) is 10.9. The summed E-state index contributed by atoms with van der Waals surface area (Å²) >= 11 is 7.61. The molecule has 23 heavy (non-hydrogen) atoms. The summed E-state index contributed by atoms with van der Waals surface area (Å²) in [5.41, 5.74) is 5.32. The topological polar surface area (TPSA) is 42.0 Å². The number of aromatic nitrogens is 1. The number of carbonyl (C=O) groups excluding carboxylic acids is 1. The lowest BCUT2D eigenvalue weighted by Gasteiger charge is -2.05. The minimum absolute atomic E-state index is 0.0684. The Morgan fingerprint density at radius 1 is 1.13 bits per heavy atom. The zero-order valence-electron chi connectivity index (χ0n) is 13.2. The monoisotopic (exact) mass is 344 g/mol. The Morgan fingerprint density at radius 3 is 2.57 bits per heavy atom. The van der Waals surface area contributed by atoms with E-state index in [2.05, 4.69) is 24.1 Å². The van der Waals surface area contributed by atoms with Crippen LogP contribution in [0.15, 0.2) is 30.3 Å². The van der Waals surface area contributed by atoms with Crippen LogP contribution >= 0.6 is 22.9 Å². The van der Waals surface area contributed by atoms with Gasteiger partial charge in [-0.2, -0.15) is 0 Å². The molecular weight excluding hydrogens is 328 g/mol. The first-order valence-electron chi connectivity index (χ1n) is 7.35. The Balaban J connectivity index is 1.79. The average molecular weight is 345 g/mol. The molecule has 1 aromatic heterocycles. The molecule has 3 nitrogen and oxygen atoms in total. The number of rotatable bonds is 3. The molecule has 1 heterocycles. The van der Waals surface area contributed by atoms with Crippen LogP contribution in [0.1, 0.15) is 22.3 Å². The van der Waals surface area contributed by atoms with Gasteiger partial charge in [-0.1, -0.05) is 47.2 Å². The van der Waals surface area contributed by atoms with Crippen LogP contribution in [0, 0.1) is 20.8 Å². The molecule has 0 bridgehead atoms. The van der Waals surface area contributed by atoms with E-state index in [9.17, 15) is 4.79 Å². The van der Waals surface area contributed by atoms with Crippen LogP contribution in [0.4, 0.5) is 5.13 Å². The maximum absolute atomic E-state index is 12.2. The van der Waals surface area contributed by atoms with Crippen LogP contribution in [0.5, 0.6) is 0 Å². The van der Waals surface area contributed by atoms with E-state index in [4.69, 9.17) is 11.6 Å². The summed E-state index contributed by atoms with van der Waals surface area (Å²) in [6, 6.07) is 9.87. The van der Waals surface area contributed by atoms with E-state index in [1.165, 1.54) is 22.5 Å². The van der Waals surface area contributed by atoms with Gasteiger partial charge in [-0.25, -0.2) is 4.98 Å². The quantitative estimate of drug-likeness (QED) is 0.721. The van der Waals surface area contributed by atoms with E-state index < -0.39 is 0 Å². The predicted molar refractivity (Wildman–Crippen MR) is 97.6 cm³/mol. The number of nitrogens with one attached hydrogen (secondary N) is 1. The van der Waals surface area contributed by atoms with Crippen LogP contribution < -0.4 is 5.32 Å². The van der Waals surface area contributed by atoms with Crippen molar-refractivity contribution >= 4 is 44.2 Å². The average Bonchev–Trinajstić information content (AvgIpc) is 2.92. The third kappa shape index (κ3) is 3.38. The first kappa shape index (κ1) is 16.0. The standard InChI is InChI=1S/C18H17ClN2OS/c1-10-4-6-13(8-12(10)3)9-15(22)20-18-21-16-11(2)5-7-14(19)17(16)23-18/h4-8H,9H2,1-3H3,(H,20,21,22). The van der Waals surface area contributed by atoms with E-state index in [1.54, 1.807) is 0 Å². The number of hydrogen-bond donors (Lipinski definition) is 1. The second-order valence-electron chi connectivity index (χ2n) is 5.70. The van der Waals surface area contributed by atoms with Crippen molar-refractivity contribution in [3.05, 3.63) is 57.6 Å². The molecule has 1 N–H and O–H groups in total. The van der Waals surface area contributed by atoms with Gasteiger partial charge in [0.15, 0.2) is 5.13 Å². The molecule has 0 saturated heterocycles. The lowest BCUT2D eigenvalue weighted by atomic mass is 10.0. The van der Waals surface area contributed by atoms with Gasteiger partial charge in [0.1, 0.15) is 0 Å². The smallest absolute Gasteiger partial charge is 0.230 e. The Hall–Kier alpha value is -1.91. The lowest BCUT2D eigenvalue weighted by Crippen LogP contribution is -2.14. The molecule has 0 saturated carbocycles. The summed E-state index contributed by atoms with van der Waals surface area (Å²) < 4.78 is 0.910.